The van der Waals surface area contributed by atoms with E-state index in [1.54, 1.807) is 4.57 Å². The number of amides is 1. The monoisotopic (exact) mass is 348 g/mol. The Kier molecular flexibility index (Phi) is 5.52. The summed E-state index contributed by atoms with van der Waals surface area (Å²) in [5.41, 5.74) is 2.67. The minimum absolute atomic E-state index is 0.0254. The molecule has 4 heteroatoms. The van der Waals surface area contributed by atoms with Gasteiger partial charge in [0.2, 0.25) is 5.91 Å². The van der Waals surface area contributed by atoms with E-state index in [1.807, 2.05) is 79.4 Å². The van der Waals surface area contributed by atoms with Crippen LogP contribution in [0.15, 0.2) is 65.5 Å². The Morgan fingerprint density at radius 3 is 2.46 bits per heavy atom. The number of rotatable bonds is 6. The van der Waals surface area contributed by atoms with Gasteiger partial charge in [0.05, 0.1) is 5.52 Å². The van der Waals surface area contributed by atoms with Crippen molar-refractivity contribution in [3.05, 3.63) is 82.1 Å². The lowest BCUT2D eigenvalue weighted by atomic mass is 10.1. The van der Waals surface area contributed by atoms with Crippen molar-refractivity contribution in [3.63, 3.8) is 0 Å². The highest BCUT2D eigenvalue weighted by atomic mass is 16.2. The molecule has 0 N–H and O–H groups in total. The van der Waals surface area contributed by atoms with Crippen LogP contribution >= 0.6 is 0 Å². The molecule has 0 radical (unpaired) electrons. The summed E-state index contributed by atoms with van der Waals surface area (Å²) < 4.78 is 1.72. The average molecular weight is 348 g/mol. The molecule has 0 atom stereocenters. The summed E-state index contributed by atoms with van der Waals surface area (Å²) in [6, 6.07) is 19.7. The molecule has 0 aliphatic rings. The molecule has 1 amide bonds. The van der Waals surface area contributed by atoms with Gasteiger partial charge in [0.1, 0.15) is 0 Å². The number of carbonyl (C=O) groups excluding carboxylic acids is 1. The number of aromatic nitrogens is 1. The maximum Gasteiger partial charge on any atom is 0.253 e. The maximum absolute atomic E-state index is 12.7. The number of para-hydroxylation sites is 1. The third-order valence-electron chi connectivity index (χ3n) is 4.68. The zero-order valence-corrected chi connectivity index (χ0v) is 15.3. The average Bonchev–Trinajstić information content (AvgIpc) is 2.67. The molecular weight excluding hydrogens is 324 g/mol. The fourth-order valence-electron chi connectivity index (χ4n) is 3.24. The Bertz CT molecular complexity index is 961. The topological polar surface area (TPSA) is 42.3 Å². The SMILES string of the molecule is CCN(Cc1ccccc1)C(=O)CCn1c(=O)c(C)cc2ccccc21. The van der Waals surface area contributed by atoms with Crippen molar-refractivity contribution in [1.29, 1.82) is 0 Å². The summed E-state index contributed by atoms with van der Waals surface area (Å²) in [5.74, 6) is 0.0637. The van der Waals surface area contributed by atoms with Gasteiger partial charge in [-0.15, -0.1) is 0 Å². The zero-order valence-electron chi connectivity index (χ0n) is 15.3. The molecule has 4 nitrogen and oxygen atoms in total. The Labute approximate surface area is 153 Å². The number of carbonyl (C=O) groups is 1. The van der Waals surface area contributed by atoms with E-state index in [2.05, 4.69) is 0 Å². The molecule has 134 valence electrons. The van der Waals surface area contributed by atoms with E-state index in [1.165, 1.54) is 0 Å². The van der Waals surface area contributed by atoms with Crippen LogP contribution in [-0.4, -0.2) is 21.9 Å². The van der Waals surface area contributed by atoms with Gasteiger partial charge in [-0.25, -0.2) is 0 Å². The van der Waals surface area contributed by atoms with Gasteiger partial charge < -0.3 is 9.47 Å². The summed E-state index contributed by atoms with van der Waals surface area (Å²) in [6.07, 6.45) is 0.314. The third-order valence-corrected chi connectivity index (χ3v) is 4.68. The molecule has 0 unspecified atom stereocenters. The summed E-state index contributed by atoms with van der Waals surface area (Å²) in [5, 5.41) is 1.02. The second kappa shape index (κ2) is 8.00. The van der Waals surface area contributed by atoms with Gasteiger partial charge in [0.15, 0.2) is 0 Å². The highest BCUT2D eigenvalue weighted by Crippen LogP contribution is 2.14. The lowest BCUT2D eigenvalue weighted by Crippen LogP contribution is -2.32. The van der Waals surface area contributed by atoms with E-state index < -0.39 is 0 Å². The van der Waals surface area contributed by atoms with Gasteiger partial charge in [-0.2, -0.15) is 0 Å². The minimum Gasteiger partial charge on any atom is -0.339 e. The molecule has 2 aromatic carbocycles. The second-order valence-electron chi connectivity index (χ2n) is 6.49. The first-order valence-corrected chi connectivity index (χ1v) is 9.01. The second-order valence-corrected chi connectivity index (χ2v) is 6.49. The minimum atomic E-state index is -0.0254. The molecule has 3 aromatic rings. The fourth-order valence-corrected chi connectivity index (χ4v) is 3.24. The normalized spacial score (nSPS) is 10.8. The maximum atomic E-state index is 12.7. The molecule has 0 spiro atoms. The highest BCUT2D eigenvalue weighted by molar-refractivity contribution is 5.80. The standard InChI is InChI=1S/C22H24N2O2/c1-3-23(16-18-9-5-4-6-10-18)21(25)13-14-24-20-12-8-7-11-19(20)15-17(2)22(24)26/h4-12,15H,3,13-14,16H2,1-2H3. The van der Waals surface area contributed by atoms with Crippen LogP contribution in [0, 0.1) is 6.92 Å². The van der Waals surface area contributed by atoms with Gasteiger partial charge in [0, 0.05) is 31.6 Å². The number of fused-ring (bicyclic) bond motifs is 1. The summed E-state index contributed by atoms with van der Waals surface area (Å²) in [4.78, 5) is 27.1. The Morgan fingerprint density at radius 1 is 1.04 bits per heavy atom. The van der Waals surface area contributed by atoms with Crippen molar-refractivity contribution in [2.75, 3.05) is 6.54 Å². The van der Waals surface area contributed by atoms with Crippen LogP contribution in [0.25, 0.3) is 10.9 Å². The number of aryl methyl sites for hydroxylation is 2. The van der Waals surface area contributed by atoms with Crippen LogP contribution < -0.4 is 5.56 Å². The highest BCUT2D eigenvalue weighted by Gasteiger charge is 2.14. The Balaban J connectivity index is 1.78. The molecule has 0 saturated carbocycles. The first-order chi connectivity index (χ1) is 12.6. The molecule has 0 aliphatic heterocycles. The van der Waals surface area contributed by atoms with Gasteiger partial charge in [0.25, 0.3) is 5.56 Å². The predicted octanol–water partition coefficient (Wildman–Crippen LogP) is 3.75. The number of benzene rings is 2. The molecule has 1 heterocycles. The molecule has 3 rings (SSSR count). The van der Waals surface area contributed by atoms with Gasteiger partial charge in [-0.05, 0) is 36.9 Å². The van der Waals surface area contributed by atoms with Crippen LogP contribution in [0.2, 0.25) is 0 Å². The molecule has 0 aliphatic carbocycles. The van der Waals surface area contributed by atoms with Crippen molar-refractivity contribution < 1.29 is 4.79 Å². The smallest absolute Gasteiger partial charge is 0.253 e. The van der Waals surface area contributed by atoms with Crippen molar-refractivity contribution in [1.82, 2.24) is 9.47 Å². The summed E-state index contributed by atoms with van der Waals surface area (Å²) in [7, 11) is 0. The van der Waals surface area contributed by atoms with E-state index in [0.29, 0.717) is 31.6 Å². The number of hydrogen-bond donors (Lipinski definition) is 0. The van der Waals surface area contributed by atoms with Gasteiger partial charge >= 0.3 is 0 Å². The van der Waals surface area contributed by atoms with Crippen LogP contribution in [0.3, 0.4) is 0 Å². The van der Waals surface area contributed by atoms with Crippen LogP contribution in [0.4, 0.5) is 0 Å². The van der Waals surface area contributed by atoms with Crippen LogP contribution in [0.1, 0.15) is 24.5 Å². The first-order valence-electron chi connectivity index (χ1n) is 9.01. The van der Waals surface area contributed by atoms with Gasteiger partial charge in [-0.3, -0.25) is 9.59 Å². The number of pyridine rings is 1. The van der Waals surface area contributed by atoms with Crippen molar-refractivity contribution >= 4 is 16.8 Å². The lowest BCUT2D eigenvalue weighted by Gasteiger charge is -2.21. The molecule has 0 saturated heterocycles. The first kappa shape index (κ1) is 17.9. The van der Waals surface area contributed by atoms with Crippen LogP contribution in [0.5, 0.6) is 0 Å². The zero-order chi connectivity index (χ0) is 18.5. The molecule has 26 heavy (non-hydrogen) atoms. The fraction of sp³-hybridized carbons (Fsp3) is 0.273. The van der Waals surface area contributed by atoms with E-state index >= 15 is 0 Å². The third kappa shape index (κ3) is 3.85. The predicted molar refractivity (Wildman–Crippen MR) is 105 cm³/mol. The van der Waals surface area contributed by atoms with E-state index in [-0.39, 0.29) is 11.5 Å². The molecule has 0 fully saturated rings. The van der Waals surface area contributed by atoms with Crippen molar-refractivity contribution in [3.8, 4) is 0 Å². The molecular formula is C22H24N2O2. The number of nitrogens with zero attached hydrogens (tertiary/aromatic N) is 2. The van der Waals surface area contributed by atoms with E-state index in [0.717, 1.165) is 16.5 Å². The van der Waals surface area contributed by atoms with Gasteiger partial charge in [-0.1, -0.05) is 48.5 Å². The van der Waals surface area contributed by atoms with E-state index in [4.69, 9.17) is 0 Å². The van der Waals surface area contributed by atoms with Crippen LogP contribution in [-0.2, 0) is 17.9 Å². The summed E-state index contributed by atoms with van der Waals surface area (Å²) >= 11 is 0. The molecule has 0 bridgehead atoms. The Morgan fingerprint density at radius 2 is 1.73 bits per heavy atom. The molecule has 1 aromatic heterocycles. The van der Waals surface area contributed by atoms with E-state index in [9.17, 15) is 9.59 Å². The largest absolute Gasteiger partial charge is 0.339 e. The Hall–Kier alpha value is -2.88. The summed E-state index contributed by atoms with van der Waals surface area (Å²) in [6.45, 7) is 5.44. The number of hydrogen-bond acceptors (Lipinski definition) is 2. The van der Waals surface area contributed by atoms with Crippen molar-refractivity contribution in [2.45, 2.75) is 33.4 Å². The van der Waals surface area contributed by atoms with Crippen molar-refractivity contribution in [2.24, 2.45) is 0 Å². The lowest BCUT2D eigenvalue weighted by molar-refractivity contribution is -0.131. The quantitative estimate of drug-likeness (QED) is 0.681.